The fourth-order valence-electron chi connectivity index (χ4n) is 2.89. The van der Waals surface area contributed by atoms with Gasteiger partial charge in [-0.25, -0.2) is 8.42 Å². The number of carbonyl (C=O) groups is 1. The number of nitro groups is 1. The smallest absolute Gasteiger partial charge is 0.270 e. The van der Waals surface area contributed by atoms with E-state index in [2.05, 4.69) is 15.9 Å². The number of benzene rings is 2. The van der Waals surface area contributed by atoms with Crippen molar-refractivity contribution < 1.29 is 18.1 Å². The number of hydrogen-bond donors (Lipinski definition) is 0. The Kier molecular flexibility index (Phi) is 6.04. The van der Waals surface area contributed by atoms with Gasteiger partial charge in [-0.05, 0) is 24.3 Å². The van der Waals surface area contributed by atoms with Gasteiger partial charge in [-0.3, -0.25) is 14.9 Å². The summed E-state index contributed by atoms with van der Waals surface area (Å²) in [5.74, 6) is -0.373. The molecule has 0 unspecified atom stereocenters. The van der Waals surface area contributed by atoms with Crippen molar-refractivity contribution in [1.29, 1.82) is 0 Å². The Morgan fingerprint density at radius 1 is 1.11 bits per heavy atom. The van der Waals surface area contributed by atoms with Crippen LogP contribution < -0.4 is 0 Å². The Hall–Kier alpha value is -2.01. The van der Waals surface area contributed by atoms with Gasteiger partial charge in [-0.2, -0.15) is 4.31 Å². The number of non-ortho nitro benzene ring substituents is 1. The first-order chi connectivity index (χ1) is 13.2. The van der Waals surface area contributed by atoms with Gasteiger partial charge in [0.15, 0.2) is 0 Å². The van der Waals surface area contributed by atoms with E-state index in [-0.39, 0.29) is 53.3 Å². The SMILES string of the molecule is O=C(c1cccc([N+](=O)[O-])c1)N1CCN(S(=O)(=O)c2ccc(Br)cc2Cl)CC1. The van der Waals surface area contributed by atoms with Gasteiger partial charge in [0, 0.05) is 48.3 Å². The molecule has 1 heterocycles. The summed E-state index contributed by atoms with van der Waals surface area (Å²) < 4.78 is 27.6. The van der Waals surface area contributed by atoms with Crippen molar-refractivity contribution in [3.63, 3.8) is 0 Å². The van der Waals surface area contributed by atoms with Crippen LogP contribution in [0.5, 0.6) is 0 Å². The topological polar surface area (TPSA) is 101 Å². The van der Waals surface area contributed by atoms with Crippen LogP contribution in [0.15, 0.2) is 51.8 Å². The maximum atomic E-state index is 12.8. The van der Waals surface area contributed by atoms with Gasteiger partial charge in [0.1, 0.15) is 4.90 Å². The molecule has 8 nitrogen and oxygen atoms in total. The van der Waals surface area contributed by atoms with Crippen LogP contribution in [0.1, 0.15) is 10.4 Å². The molecule has 0 saturated carbocycles. The average Bonchev–Trinajstić information content (AvgIpc) is 2.67. The molecular weight excluding hydrogens is 474 g/mol. The summed E-state index contributed by atoms with van der Waals surface area (Å²) in [6.07, 6.45) is 0. The van der Waals surface area contributed by atoms with Gasteiger partial charge >= 0.3 is 0 Å². The zero-order valence-corrected chi connectivity index (χ0v) is 17.6. The van der Waals surface area contributed by atoms with Gasteiger partial charge in [0.25, 0.3) is 11.6 Å². The number of nitrogens with zero attached hydrogens (tertiary/aromatic N) is 3. The normalized spacial score (nSPS) is 15.4. The molecule has 0 spiro atoms. The third-order valence-corrected chi connectivity index (χ3v) is 7.22. The zero-order chi connectivity index (χ0) is 20.5. The third-order valence-electron chi connectivity index (χ3n) is 4.34. The molecule has 148 valence electrons. The number of hydrogen-bond acceptors (Lipinski definition) is 5. The summed E-state index contributed by atoms with van der Waals surface area (Å²) in [6, 6.07) is 10.0. The highest BCUT2D eigenvalue weighted by Crippen LogP contribution is 2.28. The maximum Gasteiger partial charge on any atom is 0.270 e. The van der Waals surface area contributed by atoms with Crippen LogP contribution in [-0.4, -0.2) is 54.6 Å². The number of nitro benzene ring substituents is 1. The molecule has 0 aromatic heterocycles. The van der Waals surface area contributed by atoms with Crippen molar-refractivity contribution in [2.45, 2.75) is 4.90 Å². The fraction of sp³-hybridized carbons (Fsp3) is 0.235. The summed E-state index contributed by atoms with van der Waals surface area (Å²) in [4.78, 5) is 24.4. The second kappa shape index (κ2) is 8.16. The third kappa shape index (κ3) is 4.19. The molecule has 2 aromatic rings. The summed E-state index contributed by atoms with van der Waals surface area (Å²) in [7, 11) is -3.79. The van der Waals surface area contributed by atoms with Crippen molar-refractivity contribution in [2.75, 3.05) is 26.2 Å². The van der Waals surface area contributed by atoms with Crippen LogP contribution in [0.3, 0.4) is 0 Å². The molecule has 2 aromatic carbocycles. The molecule has 28 heavy (non-hydrogen) atoms. The molecule has 11 heteroatoms. The first-order valence-electron chi connectivity index (χ1n) is 8.19. The Morgan fingerprint density at radius 2 is 1.79 bits per heavy atom. The quantitative estimate of drug-likeness (QED) is 0.486. The van der Waals surface area contributed by atoms with E-state index in [1.165, 1.54) is 45.6 Å². The van der Waals surface area contributed by atoms with Crippen molar-refractivity contribution >= 4 is 49.1 Å². The van der Waals surface area contributed by atoms with E-state index < -0.39 is 14.9 Å². The summed E-state index contributed by atoms with van der Waals surface area (Å²) >= 11 is 9.32. The molecule has 3 rings (SSSR count). The molecule has 1 aliphatic heterocycles. The lowest BCUT2D eigenvalue weighted by Gasteiger charge is -2.34. The molecule has 1 amide bonds. The van der Waals surface area contributed by atoms with Crippen molar-refractivity contribution in [2.24, 2.45) is 0 Å². The minimum atomic E-state index is -3.79. The number of carbonyl (C=O) groups excluding carboxylic acids is 1. The molecule has 0 aliphatic carbocycles. The van der Waals surface area contributed by atoms with Crippen LogP contribution in [0.4, 0.5) is 5.69 Å². The van der Waals surface area contributed by atoms with Gasteiger partial charge in [-0.15, -0.1) is 0 Å². The predicted octanol–water partition coefficient (Wildman–Crippen LogP) is 3.16. The van der Waals surface area contributed by atoms with Crippen molar-refractivity contribution in [3.8, 4) is 0 Å². The number of piperazine rings is 1. The molecular formula is C17H15BrClN3O5S. The number of rotatable bonds is 4. The second-order valence-corrected chi connectivity index (χ2v) is 9.31. The van der Waals surface area contributed by atoms with Gasteiger partial charge in [0.2, 0.25) is 10.0 Å². The average molecular weight is 489 g/mol. The lowest BCUT2D eigenvalue weighted by Crippen LogP contribution is -2.50. The van der Waals surface area contributed by atoms with Gasteiger partial charge < -0.3 is 4.90 Å². The molecule has 1 aliphatic rings. The minimum absolute atomic E-state index is 0.0100. The molecule has 1 fully saturated rings. The van der Waals surface area contributed by atoms with E-state index in [9.17, 15) is 23.3 Å². The number of sulfonamides is 1. The van der Waals surface area contributed by atoms with Crippen LogP contribution in [0, 0.1) is 10.1 Å². The van der Waals surface area contributed by atoms with E-state index in [0.29, 0.717) is 4.47 Å². The van der Waals surface area contributed by atoms with Crippen LogP contribution in [0.25, 0.3) is 0 Å². The van der Waals surface area contributed by atoms with E-state index in [0.717, 1.165) is 0 Å². The predicted molar refractivity (Wildman–Crippen MR) is 107 cm³/mol. The first-order valence-corrected chi connectivity index (χ1v) is 10.8. The lowest BCUT2D eigenvalue weighted by atomic mass is 10.1. The summed E-state index contributed by atoms with van der Waals surface area (Å²) in [5, 5.41) is 11.0. The molecule has 0 atom stereocenters. The van der Waals surface area contributed by atoms with E-state index >= 15 is 0 Å². The fourth-order valence-corrected chi connectivity index (χ4v) is 5.32. The zero-order valence-electron chi connectivity index (χ0n) is 14.4. The van der Waals surface area contributed by atoms with Crippen LogP contribution in [-0.2, 0) is 10.0 Å². The lowest BCUT2D eigenvalue weighted by molar-refractivity contribution is -0.384. The van der Waals surface area contributed by atoms with Gasteiger partial charge in [-0.1, -0.05) is 33.6 Å². The standard InChI is InChI=1S/C17H15BrClN3O5S/c18-13-4-5-16(15(19)11-13)28(26,27)21-8-6-20(7-9-21)17(23)12-2-1-3-14(10-12)22(24)25/h1-5,10-11H,6-9H2. The van der Waals surface area contributed by atoms with Gasteiger partial charge in [0.05, 0.1) is 9.95 Å². The van der Waals surface area contributed by atoms with E-state index in [1.807, 2.05) is 0 Å². The molecule has 0 bridgehead atoms. The summed E-state index contributed by atoms with van der Waals surface area (Å²) in [5.41, 5.74) is 0.0263. The number of halogens is 2. The van der Waals surface area contributed by atoms with Crippen molar-refractivity contribution in [1.82, 2.24) is 9.21 Å². The highest BCUT2D eigenvalue weighted by molar-refractivity contribution is 9.10. The molecule has 0 radical (unpaired) electrons. The van der Waals surface area contributed by atoms with Crippen molar-refractivity contribution in [3.05, 3.63) is 67.6 Å². The summed E-state index contributed by atoms with van der Waals surface area (Å²) in [6.45, 7) is 0.564. The highest BCUT2D eigenvalue weighted by atomic mass is 79.9. The Morgan fingerprint density at radius 3 is 2.39 bits per heavy atom. The maximum absolute atomic E-state index is 12.8. The minimum Gasteiger partial charge on any atom is -0.336 e. The Balaban J connectivity index is 1.72. The van der Waals surface area contributed by atoms with E-state index in [4.69, 9.17) is 11.6 Å². The molecule has 0 N–H and O–H groups in total. The Labute approximate surface area is 175 Å². The van der Waals surface area contributed by atoms with E-state index in [1.54, 1.807) is 6.07 Å². The van der Waals surface area contributed by atoms with Crippen LogP contribution in [0.2, 0.25) is 5.02 Å². The first kappa shape index (κ1) is 20.7. The second-order valence-electron chi connectivity index (χ2n) is 6.08. The number of amides is 1. The van der Waals surface area contributed by atoms with Crippen LogP contribution >= 0.6 is 27.5 Å². The monoisotopic (exact) mass is 487 g/mol. The largest absolute Gasteiger partial charge is 0.336 e. The molecule has 1 saturated heterocycles. The highest BCUT2D eigenvalue weighted by Gasteiger charge is 2.32. The Bertz CT molecular complexity index is 1040.